The van der Waals surface area contributed by atoms with Gasteiger partial charge in [0.05, 0.1) is 5.71 Å². The van der Waals surface area contributed by atoms with E-state index in [1.165, 1.54) is 0 Å². The third-order valence-electron chi connectivity index (χ3n) is 5.24. The molecule has 0 saturated carbocycles. The van der Waals surface area contributed by atoms with Crippen molar-refractivity contribution in [1.82, 2.24) is 0 Å². The fraction of sp³-hybridized carbons (Fsp3) is 0.160. The van der Waals surface area contributed by atoms with Gasteiger partial charge in [0.1, 0.15) is 12.3 Å². The van der Waals surface area contributed by atoms with Crippen molar-refractivity contribution >= 4 is 27.3 Å². The molecule has 0 radical (unpaired) electrons. The van der Waals surface area contributed by atoms with Crippen LogP contribution in [-0.2, 0) is 0 Å². The minimum Gasteiger partial charge on any atom is -0.411 e. The maximum atomic E-state index is 14.8. The summed E-state index contributed by atoms with van der Waals surface area (Å²) in [4.78, 5) is 0. The van der Waals surface area contributed by atoms with Gasteiger partial charge in [-0.15, -0.1) is 0 Å². The van der Waals surface area contributed by atoms with E-state index in [2.05, 4.69) is 5.16 Å². The van der Waals surface area contributed by atoms with Crippen LogP contribution >= 0.6 is 0 Å². The van der Waals surface area contributed by atoms with Crippen LogP contribution in [0.2, 0.25) is 0 Å². The first-order valence-electron chi connectivity index (χ1n) is 9.59. The van der Waals surface area contributed by atoms with Gasteiger partial charge in [0, 0.05) is 12.8 Å². The maximum absolute atomic E-state index is 14.8. The molecule has 0 aromatic heterocycles. The summed E-state index contributed by atoms with van der Waals surface area (Å²) in [5.74, 6) is 0. The topological polar surface area (TPSA) is 32.6 Å². The highest BCUT2D eigenvalue weighted by Gasteiger charge is 2.19. The molecule has 0 spiro atoms. The molecule has 4 aromatic carbocycles. The van der Waals surface area contributed by atoms with Crippen LogP contribution < -0.4 is 0 Å². The van der Waals surface area contributed by atoms with E-state index < -0.39 is 12.3 Å². The van der Waals surface area contributed by atoms with Gasteiger partial charge in [0.2, 0.25) is 0 Å². The largest absolute Gasteiger partial charge is 0.411 e. The van der Waals surface area contributed by atoms with E-state index in [4.69, 9.17) is 0 Å². The third kappa shape index (κ3) is 4.27. The van der Waals surface area contributed by atoms with E-state index in [0.29, 0.717) is 11.1 Å². The zero-order valence-electron chi connectivity index (χ0n) is 15.8. The summed E-state index contributed by atoms with van der Waals surface area (Å²) >= 11 is 0. The number of nitrogens with zero attached hydrogens (tertiary/aromatic N) is 1. The van der Waals surface area contributed by atoms with Crippen molar-refractivity contribution in [3.8, 4) is 0 Å². The molecule has 0 aliphatic heterocycles. The molecule has 4 rings (SSSR count). The molecule has 0 heterocycles. The summed E-state index contributed by atoms with van der Waals surface area (Å²) in [6.07, 6.45) is -3.03. The summed E-state index contributed by atoms with van der Waals surface area (Å²) < 4.78 is 29.7. The van der Waals surface area contributed by atoms with Crippen LogP contribution in [0.5, 0.6) is 0 Å². The fourth-order valence-corrected chi connectivity index (χ4v) is 3.62. The first-order valence-corrected chi connectivity index (χ1v) is 9.59. The first-order chi connectivity index (χ1) is 14.1. The zero-order valence-corrected chi connectivity index (χ0v) is 15.8. The Bertz CT molecular complexity index is 1080. The Hall–Kier alpha value is -3.27. The number of hydrogen-bond acceptors (Lipinski definition) is 2. The van der Waals surface area contributed by atoms with Gasteiger partial charge in [-0.2, -0.15) is 0 Å². The Morgan fingerprint density at radius 1 is 0.655 bits per heavy atom. The molecule has 0 aliphatic carbocycles. The van der Waals surface area contributed by atoms with E-state index >= 15 is 0 Å². The van der Waals surface area contributed by atoms with Gasteiger partial charge in [-0.25, -0.2) is 8.78 Å². The molecule has 1 N–H and O–H groups in total. The summed E-state index contributed by atoms with van der Waals surface area (Å²) in [6.45, 7) is 0. The highest BCUT2D eigenvalue weighted by molar-refractivity contribution is 5.87. The summed E-state index contributed by atoms with van der Waals surface area (Å²) in [7, 11) is 0. The molecule has 0 saturated heterocycles. The summed E-state index contributed by atoms with van der Waals surface area (Å²) in [5, 5.41) is 16.4. The van der Waals surface area contributed by atoms with Crippen LogP contribution in [0.15, 0.2) is 90.1 Å². The van der Waals surface area contributed by atoms with Crippen LogP contribution in [0.3, 0.4) is 0 Å². The van der Waals surface area contributed by atoms with Crippen molar-refractivity contribution in [2.24, 2.45) is 5.16 Å². The van der Waals surface area contributed by atoms with Crippen LogP contribution in [0.1, 0.15) is 36.3 Å². The standard InChI is InChI=1S/C25H21F2NO/c26-24(21-11-9-17-5-1-3-7-19(17)13-21)15-23(28-29)16-25(27)22-12-10-18-6-2-4-8-20(18)14-22/h1-14,24-25,29H,15-16H2. The van der Waals surface area contributed by atoms with E-state index in [1.807, 2.05) is 60.7 Å². The molecule has 0 amide bonds. The summed E-state index contributed by atoms with van der Waals surface area (Å²) in [6, 6.07) is 26.2. The van der Waals surface area contributed by atoms with Gasteiger partial charge >= 0.3 is 0 Å². The van der Waals surface area contributed by atoms with Crippen molar-refractivity contribution in [2.45, 2.75) is 25.2 Å². The van der Waals surface area contributed by atoms with Crippen LogP contribution in [0, 0.1) is 0 Å². The molecule has 2 atom stereocenters. The smallest absolute Gasteiger partial charge is 0.130 e. The predicted octanol–water partition coefficient (Wildman–Crippen LogP) is 7.32. The number of oxime groups is 1. The van der Waals surface area contributed by atoms with Gasteiger partial charge in [0.25, 0.3) is 0 Å². The van der Waals surface area contributed by atoms with Crippen molar-refractivity contribution in [3.63, 3.8) is 0 Å². The minimum absolute atomic E-state index is 0.103. The van der Waals surface area contributed by atoms with Crippen molar-refractivity contribution in [3.05, 3.63) is 96.1 Å². The predicted molar refractivity (Wildman–Crippen MR) is 114 cm³/mol. The van der Waals surface area contributed by atoms with Crippen molar-refractivity contribution in [2.75, 3.05) is 0 Å². The Kier molecular flexibility index (Phi) is 5.52. The lowest BCUT2D eigenvalue weighted by Crippen LogP contribution is -2.08. The van der Waals surface area contributed by atoms with Gasteiger partial charge in [-0.05, 0) is 44.8 Å². The number of alkyl halides is 2. The second-order valence-corrected chi connectivity index (χ2v) is 7.22. The highest BCUT2D eigenvalue weighted by atomic mass is 19.1. The van der Waals surface area contributed by atoms with Crippen LogP contribution in [0.25, 0.3) is 21.5 Å². The van der Waals surface area contributed by atoms with Crippen LogP contribution in [0.4, 0.5) is 8.78 Å². The Labute approximate surface area is 168 Å². The molecule has 29 heavy (non-hydrogen) atoms. The molecule has 4 heteroatoms. The minimum atomic E-state index is -1.37. The maximum Gasteiger partial charge on any atom is 0.130 e. The highest BCUT2D eigenvalue weighted by Crippen LogP contribution is 2.30. The molecule has 4 aromatic rings. The van der Waals surface area contributed by atoms with Gasteiger partial charge in [-0.3, -0.25) is 0 Å². The van der Waals surface area contributed by atoms with Crippen molar-refractivity contribution in [1.29, 1.82) is 0 Å². The molecular formula is C25H21F2NO. The monoisotopic (exact) mass is 389 g/mol. The van der Waals surface area contributed by atoms with Gasteiger partial charge < -0.3 is 5.21 Å². The Morgan fingerprint density at radius 3 is 1.48 bits per heavy atom. The zero-order chi connectivity index (χ0) is 20.2. The molecule has 0 bridgehead atoms. The lowest BCUT2D eigenvalue weighted by atomic mass is 9.97. The molecule has 0 aliphatic rings. The lowest BCUT2D eigenvalue weighted by molar-refractivity contribution is 0.296. The normalized spacial score (nSPS) is 13.3. The quantitative estimate of drug-likeness (QED) is 0.209. The molecule has 2 unspecified atom stereocenters. The number of fused-ring (bicyclic) bond motifs is 2. The average Bonchev–Trinajstić information content (AvgIpc) is 2.77. The van der Waals surface area contributed by atoms with Crippen molar-refractivity contribution < 1.29 is 14.0 Å². The number of rotatable bonds is 6. The van der Waals surface area contributed by atoms with E-state index in [0.717, 1.165) is 21.5 Å². The molecule has 146 valence electrons. The van der Waals surface area contributed by atoms with Gasteiger partial charge in [-0.1, -0.05) is 78.0 Å². The SMILES string of the molecule is ON=C(CC(F)c1ccc2ccccc2c1)CC(F)c1ccc2ccccc2c1. The van der Waals surface area contributed by atoms with E-state index in [9.17, 15) is 14.0 Å². The number of benzene rings is 4. The second kappa shape index (κ2) is 8.39. The Morgan fingerprint density at radius 2 is 1.07 bits per heavy atom. The molecule has 0 fully saturated rings. The van der Waals surface area contributed by atoms with E-state index in [-0.39, 0.29) is 18.6 Å². The number of halogens is 2. The Balaban J connectivity index is 1.47. The second-order valence-electron chi connectivity index (χ2n) is 7.22. The van der Waals surface area contributed by atoms with Gasteiger partial charge in [0.15, 0.2) is 0 Å². The fourth-order valence-electron chi connectivity index (χ4n) is 3.62. The average molecular weight is 389 g/mol. The van der Waals surface area contributed by atoms with Crippen LogP contribution in [-0.4, -0.2) is 10.9 Å². The third-order valence-corrected chi connectivity index (χ3v) is 5.24. The lowest BCUT2D eigenvalue weighted by Gasteiger charge is -2.14. The number of hydrogen-bond donors (Lipinski definition) is 1. The molecule has 2 nitrogen and oxygen atoms in total. The first kappa shape index (κ1) is 19.1. The molecular weight excluding hydrogens is 368 g/mol. The summed E-state index contributed by atoms with van der Waals surface area (Å²) in [5.41, 5.74) is 1.09. The van der Waals surface area contributed by atoms with E-state index in [1.54, 1.807) is 24.3 Å².